The van der Waals surface area contributed by atoms with Crippen molar-refractivity contribution in [2.45, 2.75) is 13.8 Å². The van der Waals surface area contributed by atoms with Gasteiger partial charge in [0.15, 0.2) is 0 Å². The van der Waals surface area contributed by atoms with E-state index in [9.17, 15) is 9.59 Å². The number of aromatic nitrogens is 1. The Morgan fingerprint density at radius 2 is 1.58 bits per heavy atom. The molecule has 5 nitrogen and oxygen atoms in total. The molecular weight excluding hydrogens is 302 g/mol. The first kappa shape index (κ1) is 16.2. The van der Waals surface area contributed by atoms with Gasteiger partial charge in [-0.25, -0.2) is 0 Å². The molecule has 1 saturated heterocycles. The average Bonchev–Trinajstić information content (AvgIpc) is 2.63. The molecule has 0 bridgehead atoms. The molecule has 124 valence electrons. The van der Waals surface area contributed by atoms with Gasteiger partial charge in [-0.3, -0.25) is 14.6 Å². The Morgan fingerprint density at radius 3 is 2.21 bits per heavy atom. The third kappa shape index (κ3) is 3.30. The first-order valence-corrected chi connectivity index (χ1v) is 8.13. The van der Waals surface area contributed by atoms with Crippen LogP contribution in [0.3, 0.4) is 0 Å². The van der Waals surface area contributed by atoms with E-state index in [0.717, 1.165) is 16.7 Å². The molecule has 0 radical (unpaired) electrons. The van der Waals surface area contributed by atoms with Gasteiger partial charge in [0.25, 0.3) is 11.8 Å². The Morgan fingerprint density at radius 1 is 0.917 bits per heavy atom. The maximum atomic E-state index is 12.7. The molecule has 1 aliphatic rings. The third-order valence-electron chi connectivity index (χ3n) is 4.36. The Labute approximate surface area is 141 Å². The SMILES string of the molecule is Cc1ccc(C)c(C(=O)N2CCN(C(=O)c3ccccn3)CC2)c1. The van der Waals surface area contributed by atoms with Crippen molar-refractivity contribution in [3.05, 3.63) is 65.0 Å². The topological polar surface area (TPSA) is 53.5 Å². The van der Waals surface area contributed by atoms with Crippen molar-refractivity contribution < 1.29 is 9.59 Å². The van der Waals surface area contributed by atoms with Crippen molar-refractivity contribution in [2.75, 3.05) is 26.2 Å². The van der Waals surface area contributed by atoms with E-state index in [-0.39, 0.29) is 11.8 Å². The molecule has 3 rings (SSSR count). The lowest BCUT2D eigenvalue weighted by atomic mass is 10.0. The number of aryl methyl sites for hydroxylation is 2. The highest BCUT2D eigenvalue weighted by molar-refractivity contribution is 5.96. The predicted octanol–water partition coefficient (Wildman–Crippen LogP) is 2.30. The minimum atomic E-state index is -0.0746. The molecular formula is C19H21N3O2. The van der Waals surface area contributed by atoms with E-state index >= 15 is 0 Å². The minimum absolute atomic E-state index is 0.0427. The van der Waals surface area contributed by atoms with Crippen molar-refractivity contribution >= 4 is 11.8 Å². The molecule has 2 amide bonds. The normalized spacial score (nSPS) is 14.6. The second kappa shape index (κ2) is 6.83. The van der Waals surface area contributed by atoms with Crippen molar-refractivity contribution in [3.8, 4) is 0 Å². The number of carbonyl (C=O) groups is 2. The van der Waals surface area contributed by atoms with E-state index in [1.165, 1.54) is 0 Å². The summed E-state index contributed by atoms with van der Waals surface area (Å²) in [7, 11) is 0. The van der Waals surface area contributed by atoms with Crippen LogP contribution in [0.2, 0.25) is 0 Å². The van der Waals surface area contributed by atoms with Crippen LogP contribution < -0.4 is 0 Å². The molecule has 0 spiro atoms. The summed E-state index contributed by atoms with van der Waals surface area (Å²) in [6.45, 7) is 6.10. The molecule has 24 heavy (non-hydrogen) atoms. The summed E-state index contributed by atoms with van der Waals surface area (Å²) in [4.78, 5) is 32.8. The molecule has 2 aromatic rings. The van der Waals surface area contributed by atoms with Gasteiger partial charge in [0, 0.05) is 37.9 Å². The zero-order valence-corrected chi connectivity index (χ0v) is 14.0. The van der Waals surface area contributed by atoms with Crippen molar-refractivity contribution in [3.63, 3.8) is 0 Å². The summed E-state index contributed by atoms with van der Waals surface area (Å²) >= 11 is 0. The van der Waals surface area contributed by atoms with Crippen LogP contribution >= 0.6 is 0 Å². The largest absolute Gasteiger partial charge is 0.335 e. The van der Waals surface area contributed by atoms with E-state index in [2.05, 4.69) is 4.98 Å². The van der Waals surface area contributed by atoms with Gasteiger partial charge < -0.3 is 9.80 Å². The smallest absolute Gasteiger partial charge is 0.272 e. The van der Waals surface area contributed by atoms with Gasteiger partial charge in [-0.05, 0) is 37.6 Å². The average molecular weight is 323 g/mol. The Balaban J connectivity index is 1.66. The highest BCUT2D eigenvalue weighted by atomic mass is 16.2. The summed E-state index contributed by atoms with van der Waals surface area (Å²) in [5, 5.41) is 0. The molecule has 2 heterocycles. The standard InChI is InChI=1S/C19H21N3O2/c1-14-6-7-15(2)16(13-14)18(23)21-9-11-22(12-10-21)19(24)17-5-3-4-8-20-17/h3-8,13H,9-12H2,1-2H3. The first-order valence-electron chi connectivity index (χ1n) is 8.13. The number of piperazine rings is 1. The lowest BCUT2D eigenvalue weighted by Crippen LogP contribution is -2.50. The number of pyridine rings is 1. The summed E-state index contributed by atoms with van der Waals surface area (Å²) in [6.07, 6.45) is 1.62. The van der Waals surface area contributed by atoms with E-state index in [4.69, 9.17) is 0 Å². The maximum Gasteiger partial charge on any atom is 0.272 e. The first-order chi connectivity index (χ1) is 11.6. The quantitative estimate of drug-likeness (QED) is 0.852. The number of hydrogen-bond acceptors (Lipinski definition) is 3. The van der Waals surface area contributed by atoms with Crippen LogP contribution in [0, 0.1) is 13.8 Å². The molecule has 0 aliphatic carbocycles. The van der Waals surface area contributed by atoms with Crippen LogP contribution in [0.25, 0.3) is 0 Å². The molecule has 1 aromatic heterocycles. The third-order valence-corrected chi connectivity index (χ3v) is 4.36. The number of nitrogens with zero attached hydrogens (tertiary/aromatic N) is 3. The molecule has 1 fully saturated rings. The van der Waals surface area contributed by atoms with Gasteiger partial charge >= 0.3 is 0 Å². The highest BCUT2D eigenvalue weighted by Crippen LogP contribution is 2.15. The molecule has 0 saturated carbocycles. The van der Waals surface area contributed by atoms with Crippen LogP contribution in [0.1, 0.15) is 32.0 Å². The van der Waals surface area contributed by atoms with Gasteiger partial charge in [-0.1, -0.05) is 23.8 Å². The van der Waals surface area contributed by atoms with Gasteiger partial charge in [-0.15, -0.1) is 0 Å². The monoisotopic (exact) mass is 323 g/mol. The predicted molar refractivity (Wildman–Crippen MR) is 92.0 cm³/mol. The van der Waals surface area contributed by atoms with E-state index < -0.39 is 0 Å². The lowest BCUT2D eigenvalue weighted by molar-refractivity contribution is 0.0532. The summed E-state index contributed by atoms with van der Waals surface area (Å²) in [5.41, 5.74) is 3.26. The number of carbonyl (C=O) groups excluding carboxylic acids is 2. The number of amides is 2. The fourth-order valence-electron chi connectivity index (χ4n) is 2.90. The van der Waals surface area contributed by atoms with Crippen LogP contribution in [-0.4, -0.2) is 52.8 Å². The number of hydrogen-bond donors (Lipinski definition) is 0. The fraction of sp³-hybridized carbons (Fsp3) is 0.316. The molecule has 5 heteroatoms. The van der Waals surface area contributed by atoms with Crippen LogP contribution in [-0.2, 0) is 0 Å². The fourth-order valence-corrected chi connectivity index (χ4v) is 2.90. The summed E-state index contributed by atoms with van der Waals surface area (Å²) in [6, 6.07) is 11.2. The molecule has 0 N–H and O–H groups in total. The summed E-state index contributed by atoms with van der Waals surface area (Å²) in [5.74, 6) is -0.0319. The number of rotatable bonds is 2. The second-order valence-electron chi connectivity index (χ2n) is 6.12. The van der Waals surface area contributed by atoms with E-state index in [0.29, 0.717) is 31.9 Å². The zero-order chi connectivity index (χ0) is 17.1. The number of benzene rings is 1. The molecule has 1 aliphatic heterocycles. The van der Waals surface area contributed by atoms with Crippen molar-refractivity contribution in [1.29, 1.82) is 0 Å². The van der Waals surface area contributed by atoms with E-state index in [1.807, 2.05) is 36.9 Å². The maximum absolute atomic E-state index is 12.7. The minimum Gasteiger partial charge on any atom is -0.335 e. The summed E-state index contributed by atoms with van der Waals surface area (Å²) < 4.78 is 0. The Bertz CT molecular complexity index is 750. The van der Waals surface area contributed by atoms with Crippen LogP contribution in [0.4, 0.5) is 0 Å². The lowest BCUT2D eigenvalue weighted by Gasteiger charge is -2.35. The second-order valence-corrected chi connectivity index (χ2v) is 6.12. The van der Waals surface area contributed by atoms with Crippen LogP contribution in [0.15, 0.2) is 42.6 Å². The van der Waals surface area contributed by atoms with Crippen molar-refractivity contribution in [1.82, 2.24) is 14.8 Å². The van der Waals surface area contributed by atoms with Gasteiger partial charge in [-0.2, -0.15) is 0 Å². The zero-order valence-electron chi connectivity index (χ0n) is 14.0. The molecule has 0 unspecified atom stereocenters. The van der Waals surface area contributed by atoms with Gasteiger partial charge in [0.2, 0.25) is 0 Å². The highest BCUT2D eigenvalue weighted by Gasteiger charge is 2.26. The van der Waals surface area contributed by atoms with Gasteiger partial charge in [0.1, 0.15) is 5.69 Å². The van der Waals surface area contributed by atoms with Crippen molar-refractivity contribution in [2.24, 2.45) is 0 Å². The Hall–Kier alpha value is -2.69. The van der Waals surface area contributed by atoms with E-state index in [1.54, 1.807) is 29.3 Å². The molecule has 0 atom stereocenters. The van der Waals surface area contributed by atoms with Crippen LogP contribution in [0.5, 0.6) is 0 Å². The Kier molecular flexibility index (Phi) is 4.60. The molecule has 1 aromatic carbocycles. The van der Waals surface area contributed by atoms with Gasteiger partial charge in [0.05, 0.1) is 0 Å².